The molecule has 0 saturated carbocycles. The van der Waals surface area contributed by atoms with E-state index in [-0.39, 0.29) is 15.4 Å². The van der Waals surface area contributed by atoms with Crippen LogP contribution in [-0.2, 0) is 19.8 Å². The van der Waals surface area contributed by atoms with Crippen molar-refractivity contribution in [2.75, 3.05) is 0 Å². The van der Waals surface area contributed by atoms with E-state index in [2.05, 4.69) is 19.7 Å². The van der Waals surface area contributed by atoms with Crippen molar-refractivity contribution in [3.8, 4) is 0 Å². The van der Waals surface area contributed by atoms with E-state index in [1.54, 1.807) is 48.5 Å². The summed E-state index contributed by atoms with van der Waals surface area (Å²) in [7, 11) is -8.35. The van der Waals surface area contributed by atoms with Gasteiger partial charge in [-0.25, -0.2) is 8.60 Å². The second-order valence-electron chi connectivity index (χ2n) is 6.08. The van der Waals surface area contributed by atoms with Crippen LogP contribution in [0.15, 0.2) is 96.9 Å². The predicted molar refractivity (Wildman–Crippen MR) is 112 cm³/mol. The lowest BCUT2D eigenvalue weighted by Gasteiger charge is -2.17. The summed E-state index contributed by atoms with van der Waals surface area (Å²) in [5.41, 5.74) is -1.22. The quantitative estimate of drug-likeness (QED) is 0.473. The third-order valence-electron chi connectivity index (χ3n) is 4.04. The molecule has 0 amide bonds. The first kappa shape index (κ1) is 20.7. The number of aryl methyl sites for hydroxylation is 1. The van der Waals surface area contributed by atoms with Gasteiger partial charge in [0.25, 0.3) is 10.0 Å². The zero-order chi connectivity index (χ0) is 20.4. The number of nitrogens with zero attached hydrogens (tertiary/aromatic N) is 1. The van der Waals surface area contributed by atoms with Crippen molar-refractivity contribution in [1.29, 1.82) is 0 Å². The molecule has 2 atom stereocenters. The molecule has 0 fully saturated rings. The Bertz CT molecular complexity index is 1200. The minimum atomic E-state index is -4.35. The van der Waals surface area contributed by atoms with Crippen LogP contribution in [-0.4, -0.2) is 12.6 Å². The molecule has 0 saturated heterocycles. The van der Waals surface area contributed by atoms with E-state index in [0.29, 0.717) is 4.47 Å². The average Bonchev–Trinajstić information content (AvgIpc) is 2.68. The Morgan fingerprint density at radius 3 is 2.00 bits per heavy atom. The molecule has 0 aliphatic rings. The summed E-state index contributed by atoms with van der Waals surface area (Å²) < 4.78 is 59.0. The Hall–Kier alpha value is -2.03. The van der Waals surface area contributed by atoms with Crippen molar-refractivity contribution in [3.05, 3.63) is 94.5 Å². The van der Waals surface area contributed by atoms with Crippen LogP contribution in [0.4, 0.5) is 4.39 Å². The Kier molecular flexibility index (Phi) is 6.02. The number of benzene rings is 3. The Morgan fingerprint density at radius 2 is 1.39 bits per heavy atom. The van der Waals surface area contributed by atoms with Gasteiger partial charge in [0.2, 0.25) is 5.50 Å². The maximum atomic E-state index is 15.6. The van der Waals surface area contributed by atoms with Gasteiger partial charge in [-0.2, -0.15) is 8.42 Å². The first-order valence-corrected chi connectivity index (χ1v) is 12.1. The Morgan fingerprint density at radius 1 is 0.821 bits per heavy atom. The van der Waals surface area contributed by atoms with Crippen LogP contribution in [0, 0.1) is 6.92 Å². The number of rotatable bonds is 5. The van der Waals surface area contributed by atoms with Crippen molar-refractivity contribution in [2.24, 2.45) is 3.77 Å². The van der Waals surface area contributed by atoms with Crippen LogP contribution in [0.2, 0.25) is 0 Å². The van der Waals surface area contributed by atoms with E-state index in [9.17, 15) is 12.6 Å². The molecule has 4 nitrogen and oxygen atoms in total. The zero-order valence-corrected chi connectivity index (χ0v) is 18.0. The summed E-state index contributed by atoms with van der Waals surface area (Å²) >= 11 is 3.24. The maximum Gasteiger partial charge on any atom is 0.290 e. The second kappa shape index (κ2) is 8.14. The van der Waals surface area contributed by atoms with Crippen LogP contribution < -0.4 is 0 Å². The van der Waals surface area contributed by atoms with E-state index < -0.39 is 25.3 Å². The molecule has 0 aromatic heterocycles. The third-order valence-corrected chi connectivity index (χ3v) is 9.06. The lowest BCUT2D eigenvalue weighted by molar-refractivity contribution is 0.449. The van der Waals surface area contributed by atoms with Crippen molar-refractivity contribution >= 4 is 35.7 Å². The summed E-state index contributed by atoms with van der Waals surface area (Å²) in [4.78, 5) is -0.130. The van der Waals surface area contributed by atoms with Crippen molar-refractivity contribution < 1.29 is 17.0 Å². The molecule has 3 aromatic carbocycles. The minimum Gasteiger partial charge on any atom is -0.240 e. The van der Waals surface area contributed by atoms with Gasteiger partial charge in [-0.3, -0.25) is 0 Å². The smallest absolute Gasteiger partial charge is 0.240 e. The van der Waals surface area contributed by atoms with E-state index >= 15 is 4.39 Å². The molecule has 0 bridgehead atoms. The number of halogens is 2. The molecule has 146 valence electrons. The fourth-order valence-corrected chi connectivity index (χ4v) is 7.16. The van der Waals surface area contributed by atoms with Crippen LogP contribution in [0.5, 0.6) is 0 Å². The van der Waals surface area contributed by atoms with Gasteiger partial charge >= 0.3 is 0 Å². The van der Waals surface area contributed by atoms with Gasteiger partial charge in [-0.05, 0) is 37.3 Å². The summed E-state index contributed by atoms with van der Waals surface area (Å²) in [5, 5.41) is 0. The molecule has 28 heavy (non-hydrogen) atoms. The molecule has 0 aliphatic heterocycles. The molecule has 0 unspecified atom stereocenters. The van der Waals surface area contributed by atoms with E-state index in [4.69, 9.17) is 0 Å². The Balaban J connectivity index is 2.26. The molecule has 0 heterocycles. The van der Waals surface area contributed by atoms with Crippen molar-refractivity contribution in [2.45, 2.75) is 22.2 Å². The third kappa shape index (κ3) is 4.19. The SMILES string of the molecule is Cc1ccc(S(=O)(=O)N=[S@](=O)(c2ccccc2)[C@@H](F)c2ccccc2Br)cc1. The van der Waals surface area contributed by atoms with Crippen LogP contribution in [0.3, 0.4) is 0 Å². The van der Waals surface area contributed by atoms with Crippen LogP contribution in [0.25, 0.3) is 0 Å². The predicted octanol–water partition coefficient (Wildman–Crippen LogP) is 5.64. The van der Waals surface area contributed by atoms with Gasteiger partial charge in [0, 0.05) is 10.0 Å². The largest absolute Gasteiger partial charge is 0.290 e. The van der Waals surface area contributed by atoms with E-state index in [1.165, 1.54) is 30.3 Å². The lowest BCUT2D eigenvalue weighted by Crippen LogP contribution is -2.13. The topological polar surface area (TPSA) is 63.6 Å². The summed E-state index contributed by atoms with van der Waals surface area (Å²) in [6, 6.07) is 19.9. The van der Waals surface area contributed by atoms with Crippen LogP contribution >= 0.6 is 15.9 Å². The number of alkyl halides is 1. The van der Waals surface area contributed by atoms with Crippen molar-refractivity contribution in [3.63, 3.8) is 0 Å². The molecule has 0 radical (unpaired) electrons. The maximum absolute atomic E-state index is 15.6. The van der Waals surface area contributed by atoms with Gasteiger partial charge in [0.05, 0.1) is 9.79 Å². The molecule has 0 N–H and O–H groups in total. The first-order chi connectivity index (χ1) is 13.2. The molecule has 0 spiro atoms. The normalized spacial score (nSPS) is 14.8. The van der Waals surface area contributed by atoms with E-state index in [1.807, 2.05) is 6.92 Å². The zero-order valence-electron chi connectivity index (χ0n) is 14.8. The summed E-state index contributed by atoms with van der Waals surface area (Å²) in [6.07, 6.45) is 0. The standard InChI is InChI=1S/C20H17BrFNO3S2/c1-15-11-13-17(14-12-15)28(25,26)23-27(24,16-7-3-2-4-8-16)20(22)18-9-5-6-10-19(18)21/h2-14,20H,1H3/t20-,27+/m1/s1. The second-order valence-corrected chi connectivity index (χ2v) is 11.0. The van der Waals surface area contributed by atoms with Gasteiger partial charge in [0.1, 0.15) is 9.73 Å². The fourth-order valence-electron chi connectivity index (χ4n) is 2.55. The molecular formula is C20H17BrFNO3S2. The number of sulfonamides is 1. The molecular weight excluding hydrogens is 465 g/mol. The number of hydrogen-bond donors (Lipinski definition) is 0. The van der Waals surface area contributed by atoms with Gasteiger partial charge < -0.3 is 0 Å². The average molecular weight is 482 g/mol. The van der Waals surface area contributed by atoms with E-state index in [0.717, 1.165) is 5.56 Å². The highest BCUT2D eigenvalue weighted by molar-refractivity contribution is 9.10. The minimum absolute atomic E-state index is 0.00828. The van der Waals surface area contributed by atoms with Crippen molar-refractivity contribution in [1.82, 2.24) is 0 Å². The highest BCUT2D eigenvalue weighted by Crippen LogP contribution is 2.37. The van der Waals surface area contributed by atoms with Crippen LogP contribution in [0.1, 0.15) is 16.6 Å². The molecule has 3 rings (SSSR count). The molecule has 3 aromatic rings. The molecule has 8 heteroatoms. The first-order valence-electron chi connectivity index (χ1n) is 8.26. The fraction of sp³-hybridized carbons (Fsp3) is 0.100. The Labute approximate surface area is 172 Å². The number of hydrogen-bond acceptors (Lipinski definition) is 3. The molecule has 0 aliphatic carbocycles. The van der Waals surface area contributed by atoms with Gasteiger partial charge in [0.15, 0.2) is 0 Å². The highest BCUT2D eigenvalue weighted by Gasteiger charge is 2.31. The van der Waals surface area contributed by atoms with Gasteiger partial charge in [-0.1, -0.05) is 73.8 Å². The lowest BCUT2D eigenvalue weighted by atomic mass is 10.2. The monoisotopic (exact) mass is 481 g/mol. The summed E-state index contributed by atoms with van der Waals surface area (Å²) in [6.45, 7) is 1.81. The summed E-state index contributed by atoms with van der Waals surface area (Å²) in [5.74, 6) is 0. The van der Waals surface area contributed by atoms with Gasteiger partial charge in [-0.15, -0.1) is 0 Å². The highest BCUT2D eigenvalue weighted by atomic mass is 79.9.